The molecule has 0 saturated heterocycles. The lowest BCUT2D eigenvalue weighted by Crippen LogP contribution is -2.31. The molecule has 0 fully saturated rings. The van der Waals surface area contributed by atoms with E-state index < -0.39 is 6.03 Å². The van der Waals surface area contributed by atoms with Gasteiger partial charge in [-0.05, 0) is 63.0 Å². The third-order valence-electron chi connectivity index (χ3n) is 8.33. The Bertz CT molecular complexity index is 2210. The third kappa shape index (κ3) is 9.32. The highest BCUT2D eigenvalue weighted by atomic mass is 16.5. The van der Waals surface area contributed by atoms with Gasteiger partial charge in [-0.1, -0.05) is 62.7 Å². The van der Waals surface area contributed by atoms with Crippen molar-refractivity contribution in [3.63, 3.8) is 0 Å². The number of pyridine rings is 1. The molecule has 53 heavy (non-hydrogen) atoms. The molecule has 0 saturated carbocycles. The molecule has 0 aliphatic heterocycles. The number of ether oxygens (including phenoxy) is 1. The Labute approximate surface area is 308 Å². The number of nitrogens with one attached hydrogen (secondary N) is 4. The Morgan fingerprint density at radius 1 is 0.849 bits per heavy atom. The lowest BCUT2D eigenvalue weighted by molar-refractivity contribution is 0.0945. The van der Waals surface area contributed by atoms with Crippen LogP contribution in [0.3, 0.4) is 0 Å². The van der Waals surface area contributed by atoms with Crippen LogP contribution < -0.4 is 26.0 Å². The van der Waals surface area contributed by atoms with Crippen molar-refractivity contribution in [2.75, 3.05) is 43.1 Å². The number of likely N-dealkylation sites (N-methyl/N-ethyl adjacent to an activating group) is 1. The van der Waals surface area contributed by atoms with Crippen molar-refractivity contribution in [2.24, 2.45) is 0 Å². The van der Waals surface area contributed by atoms with Crippen LogP contribution in [0, 0.1) is 6.92 Å². The van der Waals surface area contributed by atoms with Crippen LogP contribution >= 0.6 is 0 Å². The first kappa shape index (κ1) is 36.5. The highest BCUT2D eigenvalue weighted by Crippen LogP contribution is 2.33. The maximum absolute atomic E-state index is 13.5. The van der Waals surface area contributed by atoms with E-state index in [1.54, 1.807) is 10.9 Å². The van der Waals surface area contributed by atoms with E-state index in [0.29, 0.717) is 35.4 Å². The van der Waals surface area contributed by atoms with Gasteiger partial charge in [-0.3, -0.25) is 10.1 Å². The van der Waals surface area contributed by atoms with Gasteiger partial charge in [-0.2, -0.15) is 5.10 Å². The minimum Gasteiger partial charge on any atom is -0.488 e. The van der Waals surface area contributed by atoms with Gasteiger partial charge < -0.3 is 25.6 Å². The van der Waals surface area contributed by atoms with E-state index in [4.69, 9.17) is 9.84 Å². The summed E-state index contributed by atoms with van der Waals surface area (Å²) in [6.45, 7) is 9.81. The molecule has 0 aliphatic carbocycles. The van der Waals surface area contributed by atoms with Gasteiger partial charge in [0.05, 0.1) is 29.5 Å². The molecule has 272 valence electrons. The molecule has 3 amide bonds. The molecule has 0 radical (unpaired) electrons. The van der Waals surface area contributed by atoms with E-state index in [-0.39, 0.29) is 23.6 Å². The van der Waals surface area contributed by atoms with Crippen LogP contribution in [0.5, 0.6) is 5.75 Å². The number of rotatable bonds is 12. The van der Waals surface area contributed by atoms with Crippen molar-refractivity contribution in [3.05, 3.63) is 120 Å². The third-order valence-corrected chi connectivity index (χ3v) is 8.33. The maximum atomic E-state index is 13.5. The Balaban J connectivity index is 1.11. The number of hydrogen-bond acceptors (Lipinski definition) is 9. The number of benzene rings is 3. The zero-order valence-corrected chi connectivity index (χ0v) is 30.8. The number of urea groups is 1. The highest BCUT2D eigenvalue weighted by molar-refractivity contribution is 6.07. The van der Waals surface area contributed by atoms with Crippen molar-refractivity contribution < 1.29 is 14.3 Å². The SMILES string of the molecule is Cc1ccc(-n2nc(C(C)(C)C)cc2NC(=O)Nc2ccc(OCc3ccnc(Nc4cnc(C(=O)NCCN(C)C)cn4)c3)c3ccccc23)cc1. The normalized spacial score (nSPS) is 11.4. The van der Waals surface area contributed by atoms with Crippen LogP contribution in [0.2, 0.25) is 0 Å². The molecule has 4 N–H and O–H groups in total. The molecule has 0 atom stereocenters. The van der Waals surface area contributed by atoms with E-state index >= 15 is 0 Å². The fourth-order valence-electron chi connectivity index (χ4n) is 5.41. The van der Waals surface area contributed by atoms with Gasteiger partial charge in [-0.15, -0.1) is 0 Å². The quantitative estimate of drug-likeness (QED) is 0.104. The smallest absolute Gasteiger partial charge is 0.324 e. The number of aromatic nitrogens is 5. The fraction of sp³-hybridized carbons (Fsp3) is 0.250. The molecule has 0 spiro atoms. The van der Waals surface area contributed by atoms with E-state index in [2.05, 4.69) is 57.0 Å². The minimum atomic E-state index is -0.392. The zero-order chi connectivity index (χ0) is 37.5. The first-order chi connectivity index (χ1) is 25.4. The Morgan fingerprint density at radius 2 is 1.62 bits per heavy atom. The first-order valence-electron chi connectivity index (χ1n) is 17.3. The molecular weight excluding hydrogens is 669 g/mol. The van der Waals surface area contributed by atoms with Crippen molar-refractivity contribution >= 4 is 45.9 Å². The molecule has 3 aromatic carbocycles. The second-order valence-corrected chi connectivity index (χ2v) is 14.0. The average molecular weight is 713 g/mol. The summed E-state index contributed by atoms with van der Waals surface area (Å²) in [7, 11) is 3.88. The van der Waals surface area contributed by atoms with E-state index in [1.165, 1.54) is 12.4 Å². The van der Waals surface area contributed by atoms with Gasteiger partial charge in [0, 0.05) is 41.5 Å². The molecule has 13 nitrogen and oxygen atoms in total. The van der Waals surface area contributed by atoms with E-state index in [1.807, 2.05) is 105 Å². The molecule has 0 bridgehead atoms. The maximum Gasteiger partial charge on any atom is 0.324 e. The second-order valence-electron chi connectivity index (χ2n) is 14.0. The zero-order valence-electron chi connectivity index (χ0n) is 30.8. The van der Waals surface area contributed by atoms with Gasteiger partial charge in [0.2, 0.25) is 0 Å². The standard InChI is InChI=1S/C40H44N10O3/c1-26-11-13-28(14-12-26)50-37(22-34(48-50)40(2,3)4)47-39(52)45-31-15-16-33(30-10-8-7-9-29(30)31)53-25-27-17-18-41-35(21-27)46-36-24-43-32(23-44-36)38(51)42-19-20-49(5)6/h7-18,21-24H,19-20,25H2,1-6H3,(H,42,51)(H,41,44,46)(H2,45,47,52). The monoisotopic (exact) mass is 712 g/mol. The summed E-state index contributed by atoms with van der Waals surface area (Å²) in [5, 5.41) is 18.5. The lowest BCUT2D eigenvalue weighted by Gasteiger charge is -2.15. The summed E-state index contributed by atoms with van der Waals surface area (Å²) >= 11 is 0. The average Bonchev–Trinajstić information content (AvgIpc) is 3.56. The van der Waals surface area contributed by atoms with Gasteiger partial charge in [-0.25, -0.2) is 24.4 Å². The molecule has 6 rings (SSSR count). The van der Waals surface area contributed by atoms with Crippen LogP contribution in [-0.2, 0) is 12.0 Å². The number of nitrogens with zero attached hydrogens (tertiary/aromatic N) is 6. The predicted molar refractivity (Wildman–Crippen MR) is 208 cm³/mol. The predicted octanol–water partition coefficient (Wildman–Crippen LogP) is 7.07. The Hall–Kier alpha value is -6.34. The van der Waals surface area contributed by atoms with Gasteiger partial charge in [0.1, 0.15) is 35.5 Å². The molecular formula is C40H44N10O3. The fourth-order valence-corrected chi connectivity index (χ4v) is 5.41. The molecule has 0 unspecified atom stereocenters. The summed E-state index contributed by atoms with van der Waals surface area (Å²) in [6, 6.07) is 24.7. The topological polar surface area (TPSA) is 151 Å². The van der Waals surface area contributed by atoms with E-state index in [0.717, 1.165) is 39.8 Å². The summed E-state index contributed by atoms with van der Waals surface area (Å²) in [6.07, 6.45) is 4.60. The van der Waals surface area contributed by atoms with Gasteiger partial charge in [0.15, 0.2) is 0 Å². The van der Waals surface area contributed by atoms with Crippen molar-refractivity contribution in [1.29, 1.82) is 0 Å². The second kappa shape index (κ2) is 15.9. The number of anilines is 4. The minimum absolute atomic E-state index is 0.212. The van der Waals surface area contributed by atoms with Crippen molar-refractivity contribution in [2.45, 2.75) is 39.7 Å². The molecule has 3 heterocycles. The Morgan fingerprint density at radius 3 is 2.34 bits per heavy atom. The first-order valence-corrected chi connectivity index (χ1v) is 17.3. The molecule has 13 heteroatoms. The van der Waals surface area contributed by atoms with Crippen LogP contribution in [0.25, 0.3) is 16.5 Å². The summed E-state index contributed by atoms with van der Waals surface area (Å²) in [5.41, 5.74) is 4.38. The molecule has 3 aromatic heterocycles. The summed E-state index contributed by atoms with van der Waals surface area (Å²) < 4.78 is 8.05. The molecule has 0 aliphatic rings. The number of carbonyl (C=O) groups excluding carboxylic acids is 2. The van der Waals surface area contributed by atoms with Gasteiger partial charge >= 0.3 is 6.03 Å². The van der Waals surface area contributed by atoms with Crippen LogP contribution in [-0.4, -0.2) is 68.8 Å². The van der Waals surface area contributed by atoms with Crippen molar-refractivity contribution in [1.82, 2.24) is 34.9 Å². The van der Waals surface area contributed by atoms with Crippen LogP contribution in [0.1, 0.15) is 48.1 Å². The number of fused-ring (bicyclic) bond motifs is 1. The highest BCUT2D eigenvalue weighted by Gasteiger charge is 2.22. The summed E-state index contributed by atoms with van der Waals surface area (Å²) in [5.74, 6) is 1.95. The summed E-state index contributed by atoms with van der Waals surface area (Å²) in [4.78, 5) is 40.7. The number of carbonyl (C=O) groups is 2. The lowest BCUT2D eigenvalue weighted by atomic mass is 9.92. The van der Waals surface area contributed by atoms with E-state index in [9.17, 15) is 9.59 Å². The van der Waals surface area contributed by atoms with Gasteiger partial charge in [0.25, 0.3) is 5.91 Å². The van der Waals surface area contributed by atoms with Crippen molar-refractivity contribution in [3.8, 4) is 11.4 Å². The number of aryl methyl sites for hydroxylation is 1. The molecule has 6 aromatic rings. The largest absolute Gasteiger partial charge is 0.488 e. The Kier molecular flexibility index (Phi) is 10.9. The number of hydrogen-bond donors (Lipinski definition) is 4. The van der Waals surface area contributed by atoms with Crippen LogP contribution in [0.15, 0.2) is 97.5 Å². The van der Waals surface area contributed by atoms with Crippen LogP contribution in [0.4, 0.5) is 27.9 Å². The number of amides is 3.